The summed E-state index contributed by atoms with van der Waals surface area (Å²) in [7, 11) is 0. The first-order chi connectivity index (χ1) is 11.2. The molecule has 0 amide bonds. The standard InChI is InChI=1S/C19H22O3S/c1-15-6-5-7-17(14-15)21-10-12-23-13-11-22-19-9-4-3-8-18(19)16(2)20/h3-9,14H,10-13H2,1-2H3. The molecule has 3 nitrogen and oxygen atoms in total. The maximum atomic E-state index is 11.5. The summed E-state index contributed by atoms with van der Waals surface area (Å²) < 4.78 is 11.4. The van der Waals surface area contributed by atoms with Gasteiger partial charge >= 0.3 is 0 Å². The van der Waals surface area contributed by atoms with Crippen molar-refractivity contribution in [2.24, 2.45) is 0 Å². The van der Waals surface area contributed by atoms with Crippen molar-refractivity contribution in [1.29, 1.82) is 0 Å². The molecule has 0 bridgehead atoms. The van der Waals surface area contributed by atoms with E-state index in [9.17, 15) is 4.79 Å². The Bertz CT molecular complexity index is 640. The SMILES string of the molecule is CC(=O)c1ccccc1OCCSCCOc1cccc(C)c1. The molecule has 23 heavy (non-hydrogen) atoms. The predicted octanol–water partition coefficient (Wildman–Crippen LogP) is 4.39. The minimum atomic E-state index is 0.0276. The maximum Gasteiger partial charge on any atom is 0.163 e. The summed E-state index contributed by atoms with van der Waals surface area (Å²) in [6.07, 6.45) is 0. The van der Waals surface area contributed by atoms with Gasteiger partial charge in [-0.3, -0.25) is 4.79 Å². The Hall–Kier alpha value is -1.94. The first-order valence-electron chi connectivity index (χ1n) is 7.67. The molecule has 0 unspecified atom stereocenters. The molecule has 0 aliphatic heterocycles. The van der Waals surface area contributed by atoms with Crippen molar-refractivity contribution >= 4 is 17.5 Å². The van der Waals surface area contributed by atoms with Crippen LogP contribution in [0.4, 0.5) is 0 Å². The number of aryl methyl sites for hydroxylation is 1. The van der Waals surface area contributed by atoms with Gasteiger partial charge in [0, 0.05) is 11.5 Å². The lowest BCUT2D eigenvalue weighted by Crippen LogP contribution is -2.06. The number of rotatable bonds is 9. The number of para-hydroxylation sites is 1. The molecule has 0 aromatic heterocycles. The third kappa shape index (κ3) is 5.99. The number of ether oxygens (including phenoxy) is 2. The molecule has 0 heterocycles. The second-order valence-electron chi connectivity index (χ2n) is 5.18. The van der Waals surface area contributed by atoms with Crippen molar-refractivity contribution in [3.05, 3.63) is 59.7 Å². The number of hydrogen-bond donors (Lipinski definition) is 0. The molecule has 0 aliphatic carbocycles. The lowest BCUT2D eigenvalue weighted by Gasteiger charge is -2.10. The Balaban J connectivity index is 1.62. The Kier molecular flexibility index (Phi) is 7.01. The fourth-order valence-electron chi connectivity index (χ4n) is 2.12. The van der Waals surface area contributed by atoms with E-state index in [1.807, 2.05) is 36.4 Å². The highest BCUT2D eigenvalue weighted by Crippen LogP contribution is 2.18. The molecule has 0 saturated carbocycles. The third-order valence-electron chi connectivity index (χ3n) is 3.24. The molecule has 0 spiro atoms. The number of hydrogen-bond acceptors (Lipinski definition) is 4. The van der Waals surface area contributed by atoms with Gasteiger partial charge in [-0.25, -0.2) is 0 Å². The van der Waals surface area contributed by atoms with Gasteiger partial charge < -0.3 is 9.47 Å². The molecule has 0 N–H and O–H groups in total. The average molecular weight is 330 g/mol. The van der Waals surface area contributed by atoms with Crippen LogP contribution in [0.5, 0.6) is 11.5 Å². The van der Waals surface area contributed by atoms with E-state index in [-0.39, 0.29) is 5.78 Å². The van der Waals surface area contributed by atoms with E-state index in [0.29, 0.717) is 24.5 Å². The number of carbonyl (C=O) groups excluding carboxylic acids is 1. The minimum Gasteiger partial charge on any atom is -0.493 e. The fourth-order valence-corrected chi connectivity index (χ4v) is 2.73. The van der Waals surface area contributed by atoms with Crippen LogP contribution in [-0.2, 0) is 0 Å². The molecule has 0 atom stereocenters. The molecule has 0 radical (unpaired) electrons. The van der Waals surface area contributed by atoms with Gasteiger partial charge in [0.1, 0.15) is 11.5 Å². The highest BCUT2D eigenvalue weighted by atomic mass is 32.2. The van der Waals surface area contributed by atoms with Gasteiger partial charge in [0.2, 0.25) is 0 Å². The first kappa shape index (κ1) is 17.4. The Labute approximate surface area is 142 Å². The van der Waals surface area contributed by atoms with Gasteiger partial charge in [0.05, 0.1) is 18.8 Å². The van der Waals surface area contributed by atoms with Crippen LogP contribution in [0.25, 0.3) is 0 Å². The monoisotopic (exact) mass is 330 g/mol. The van der Waals surface area contributed by atoms with Crippen LogP contribution in [0.15, 0.2) is 48.5 Å². The highest BCUT2D eigenvalue weighted by Gasteiger charge is 2.06. The lowest BCUT2D eigenvalue weighted by atomic mass is 10.1. The lowest BCUT2D eigenvalue weighted by molar-refractivity contribution is 0.101. The number of Topliss-reactive ketones (excluding diaryl/α,β-unsaturated/α-hetero) is 1. The van der Waals surface area contributed by atoms with Crippen molar-refractivity contribution in [3.63, 3.8) is 0 Å². The van der Waals surface area contributed by atoms with Crippen molar-refractivity contribution in [2.45, 2.75) is 13.8 Å². The van der Waals surface area contributed by atoms with E-state index < -0.39 is 0 Å². The quantitative estimate of drug-likeness (QED) is 0.505. The van der Waals surface area contributed by atoms with Crippen LogP contribution in [0.2, 0.25) is 0 Å². The summed E-state index contributed by atoms with van der Waals surface area (Å²) in [6, 6.07) is 15.4. The van der Waals surface area contributed by atoms with E-state index in [2.05, 4.69) is 13.0 Å². The Morgan fingerprint density at radius 2 is 1.74 bits per heavy atom. The van der Waals surface area contributed by atoms with Crippen LogP contribution in [0, 0.1) is 6.92 Å². The van der Waals surface area contributed by atoms with Crippen molar-refractivity contribution in [3.8, 4) is 11.5 Å². The van der Waals surface area contributed by atoms with Gasteiger partial charge in [0.25, 0.3) is 0 Å². The van der Waals surface area contributed by atoms with Gasteiger partial charge in [-0.05, 0) is 43.7 Å². The van der Waals surface area contributed by atoms with E-state index in [1.165, 1.54) is 5.56 Å². The van der Waals surface area contributed by atoms with E-state index in [4.69, 9.17) is 9.47 Å². The van der Waals surface area contributed by atoms with Crippen LogP contribution in [0.3, 0.4) is 0 Å². The van der Waals surface area contributed by atoms with Crippen LogP contribution < -0.4 is 9.47 Å². The number of thioether (sulfide) groups is 1. The summed E-state index contributed by atoms with van der Waals surface area (Å²) in [6.45, 7) is 4.87. The zero-order chi connectivity index (χ0) is 16.5. The number of ketones is 1. The van der Waals surface area contributed by atoms with Crippen molar-refractivity contribution in [1.82, 2.24) is 0 Å². The van der Waals surface area contributed by atoms with Gasteiger partial charge in [-0.1, -0.05) is 24.3 Å². The first-order valence-corrected chi connectivity index (χ1v) is 8.82. The molecular weight excluding hydrogens is 308 g/mol. The fraction of sp³-hybridized carbons (Fsp3) is 0.316. The van der Waals surface area contributed by atoms with Crippen LogP contribution in [0.1, 0.15) is 22.8 Å². The topological polar surface area (TPSA) is 35.5 Å². The predicted molar refractivity (Wildman–Crippen MR) is 95.9 cm³/mol. The van der Waals surface area contributed by atoms with Gasteiger partial charge in [-0.2, -0.15) is 11.8 Å². The van der Waals surface area contributed by atoms with E-state index in [1.54, 1.807) is 24.8 Å². The van der Waals surface area contributed by atoms with E-state index >= 15 is 0 Å². The van der Waals surface area contributed by atoms with Gasteiger partial charge in [-0.15, -0.1) is 0 Å². The number of carbonyl (C=O) groups is 1. The molecule has 0 fully saturated rings. The smallest absolute Gasteiger partial charge is 0.163 e. The minimum absolute atomic E-state index is 0.0276. The van der Waals surface area contributed by atoms with Crippen LogP contribution >= 0.6 is 11.8 Å². The molecule has 2 rings (SSSR count). The maximum absolute atomic E-state index is 11.5. The van der Waals surface area contributed by atoms with Gasteiger partial charge in [0.15, 0.2) is 5.78 Å². The highest BCUT2D eigenvalue weighted by molar-refractivity contribution is 7.99. The summed E-state index contributed by atoms with van der Waals surface area (Å²) in [4.78, 5) is 11.5. The summed E-state index contributed by atoms with van der Waals surface area (Å²) in [5.41, 5.74) is 1.84. The molecule has 2 aromatic rings. The molecule has 122 valence electrons. The zero-order valence-electron chi connectivity index (χ0n) is 13.6. The molecule has 0 saturated heterocycles. The third-order valence-corrected chi connectivity index (χ3v) is 4.15. The zero-order valence-corrected chi connectivity index (χ0v) is 14.4. The Morgan fingerprint density at radius 3 is 2.48 bits per heavy atom. The normalized spacial score (nSPS) is 10.3. The molecule has 4 heteroatoms. The molecule has 0 aliphatic rings. The van der Waals surface area contributed by atoms with E-state index in [0.717, 1.165) is 17.3 Å². The molecule has 2 aromatic carbocycles. The average Bonchev–Trinajstić information content (AvgIpc) is 2.54. The summed E-state index contributed by atoms with van der Waals surface area (Å²) in [5.74, 6) is 3.38. The van der Waals surface area contributed by atoms with Crippen molar-refractivity contribution < 1.29 is 14.3 Å². The largest absolute Gasteiger partial charge is 0.493 e. The molecular formula is C19H22O3S. The second kappa shape index (κ2) is 9.26. The van der Waals surface area contributed by atoms with Crippen LogP contribution in [-0.4, -0.2) is 30.5 Å². The summed E-state index contributed by atoms with van der Waals surface area (Å²) in [5, 5.41) is 0. The summed E-state index contributed by atoms with van der Waals surface area (Å²) >= 11 is 1.78. The van der Waals surface area contributed by atoms with Crippen molar-refractivity contribution in [2.75, 3.05) is 24.7 Å². The Morgan fingerprint density at radius 1 is 1.00 bits per heavy atom. The number of benzene rings is 2. The second-order valence-corrected chi connectivity index (χ2v) is 6.40.